The maximum Gasteiger partial charge on any atom is 0.346 e. The Kier molecular flexibility index (Phi) is 4.63. The molecule has 0 radical (unpaired) electrons. The first-order valence-corrected chi connectivity index (χ1v) is 5.78. The van der Waals surface area contributed by atoms with Crippen LogP contribution in [-0.2, 0) is 9.59 Å². The van der Waals surface area contributed by atoms with Crippen molar-refractivity contribution < 1.29 is 29.3 Å². The topological polar surface area (TPSA) is 101 Å². The fraction of sp³-hybridized carbons (Fsp3) is 0.308. The molecule has 6 heteroatoms. The number of hydrogen-bond acceptors (Lipinski definition) is 4. The van der Waals surface area contributed by atoms with Gasteiger partial charge in [-0.2, -0.15) is 0 Å². The molecule has 0 unspecified atom stereocenters. The zero-order valence-electron chi connectivity index (χ0n) is 10.5. The monoisotopic (exact) mass is 266 g/mol. The number of ether oxygens (including phenoxy) is 1. The van der Waals surface area contributed by atoms with Gasteiger partial charge in [0, 0.05) is 0 Å². The van der Waals surface area contributed by atoms with Crippen LogP contribution in [0.25, 0.3) is 0 Å². The van der Waals surface area contributed by atoms with Crippen molar-refractivity contribution in [3.63, 3.8) is 0 Å². The minimum atomic E-state index is -1.71. The van der Waals surface area contributed by atoms with Crippen LogP contribution in [0.4, 0.5) is 0 Å². The molecule has 1 aromatic carbocycles. The number of carbonyl (C=O) groups excluding carboxylic acids is 1. The van der Waals surface area contributed by atoms with Crippen LogP contribution in [0.15, 0.2) is 24.3 Å². The van der Waals surface area contributed by atoms with Gasteiger partial charge in [0.25, 0.3) is 0 Å². The van der Waals surface area contributed by atoms with E-state index in [4.69, 9.17) is 14.9 Å². The predicted octanol–water partition coefficient (Wildman–Crippen LogP) is 1.44. The number of aliphatic carboxylic acids is 2. The van der Waals surface area contributed by atoms with Crippen molar-refractivity contribution in [2.75, 3.05) is 0 Å². The van der Waals surface area contributed by atoms with E-state index in [9.17, 15) is 14.4 Å². The summed E-state index contributed by atoms with van der Waals surface area (Å²) in [5, 5.41) is 17.7. The number of Topliss-reactive ketones (excluding diaryl/α,β-unsaturated/α-hetero) is 1. The van der Waals surface area contributed by atoms with Gasteiger partial charge in [0.05, 0.1) is 5.56 Å². The zero-order valence-corrected chi connectivity index (χ0v) is 10.5. The summed E-state index contributed by atoms with van der Waals surface area (Å²) in [6.45, 7) is 4.00. The van der Waals surface area contributed by atoms with Crippen molar-refractivity contribution in [3.8, 4) is 5.75 Å². The molecule has 0 aliphatic carbocycles. The summed E-state index contributed by atoms with van der Waals surface area (Å²) in [4.78, 5) is 33.7. The van der Waals surface area contributed by atoms with E-state index in [-0.39, 0.29) is 11.3 Å². The molecule has 2 rings (SSSR count). The Balaban J connectivity index is 0.000000861. The lowest BCUT2D eigenvalue weighted by molar-refractivity contribution is -0.156. The number of hydrogen-bond donors (Lipinski definition) is 2. The van der Waals surface area contributed by atoms with Crippen molar-refractivity contribution in [2.24, 2.45) is 5.92 Å². The van der Waals surface area contributed by atoms with Crippen LogP contribution in [0, 0.1) is 5.92 Å². The van der Waals surface area contributed by atoms with Gasteiger partial charge in [-0.05, 0) is 12.1 Å². The number of para-hydroxylation sites is 1. The van der Waals surface area contributed by atoms with E-state index < -0.39 is 29.7 Å². The molecular weight excluding hydrogens is 252 g/mol. The molecule has 1 heterocycles. The Labute approximate surface area is 109 Å². The second-order valence-electron chi connectivity index (χ2n) is 3.55. The summed E-state index contributed by atoms with van der Waals surface area (Å²) < 4.78 is 5.04. The Bertz CT molecular complexity index is 508. The molecule has 0 amide bonds. The second kappa shape index (κ2) is 5.99. The predicted molar refractivity (Wildman–Crippen MR) is 65.3 cm³/mol. The Hall–Kier alpha value is -2.37. The van der Waals surface area contributed by atoms with Crippen LogP contribution in [-0.4, -0.2) is 34.0 Å². The van der Waals surface area contributed by atoms with Gasteiger partial charge in [-0.3, -0.25) is 9.59 Å². The Morgan fingerprint density at radius 1 is 1.11 bits per heavy atom. The van der Waals surface area contributed by atoms with E-state index in [2.05, 4.69) is 0 Å². The van der Waals surface area contributed by atoms with Crippen LogP contribution >= 0.6 is 0 Å². The number of carboxylic acids is 2. The number of rotatable bonds is 2. The highest BCUT2D eigenvalue weighted by molar-refractivity contribution is 6.13. The van der Waals surface area contributed by atoms with E-state index in [1.165, 1.54) is 12.1 Å². The maximum absolute atomic E-state index is 11.8. The van der Waals surface area contributed by atoms with Gasteiger partial charge in [0.15, 0.2) is 11.7 Å². The number of benzene rings is 1. The zero-order chi connectivity index (χ0) is 14.6. The highest BCUT2D eigenvalue weighted by atomic mass is 16.5. The standard InChI is InChI=1S/C11H8O6.C2H6/c12-8-5-3-1-2-4-6(5)17-9(11(15)16)7(8)10(13)14;1-2/h1-4,7,9H,(H,13,14)(H,15,16);1-2H3/t7-,9-;/m0./s1. The third kappa shape index (κ3) is 2.73. The van der Waals surface area contributed by atoms with Gasteiger partial charge < -0.3 is 14.9 Å². The fourth-order valence-electron chi connectivity index (χ4n) is 1.72. The minimum absolute atomic E-state index is 0.0948. The summed E-state index contributed by atoms with van der Waals surface area (Å²) in [6, 6.07) is 5.97. The van der Waals surface area contributed by atoms with Crippen molar-refractivity contribution in [1.82, 2.24) is 0 Å². The van der Waals surface area contributed by atoms with Crippen LogP contribution < -0.4 is 4.74 Å². The lowest BCUT2D eigenvalue weighted by Crippen LogP contribution is -2.47. The quantitative estimate of drug-likeness (QED) is 0.785. The molecule has 0 spiro atoms. The van der Waals surface area contributed by atoms with Crippen LogP contribution in [0.2, 0.25) is 0 Å². The molecule has 2 N–H and O–H groups in total. The smallest absolute Gasteiger partial charge is 0.346 e. The lowest BCUT2D eigenvalue weighted by Gasteiger charge is -2.27. The molecule has 1 aromatic rings. The molecule has 1 aliphatic heterocycles. The molecule has 1 aliphatic rings. The number of carbonyl (C=O) groups is 3. The van der Waals surface area contributed by atoms with Crippen LogP contribution in [0.1, 0.15) is 24.2 Å². The molecule has 19 heavy (non-hydrogen) atoms. The molecule has 6 nitrogen and oxygen atoms in total. The minimum Gasteiger partial charge on any atom is -0.481 e. The summed E-state index contributed by atoms with van der Waals surface area (Å²) in [5.41, 5.74) is 0.0948. The van der Waals surface area contributed by atoms with E-state index in [1.54, 1.807) is 12.1 Å². The fourth-order valence-corrected chi connectivity index (χ4v) is 1.72. The third-order valence-corrected chi connectivity index (χ3v) is 2.50. The largest absolute Gasteiger partial charge is 0.481 e. The average molecular weight is 266 g/mol. The van der Waals surface area contributed by atoms with Crippen molar-refractivity contribution in [2.45, 2.75) is 20.0 Å². The first-order chi connectivity index (χ1) is 9.02. The molecule has 0 saturated carbocycles. The van der Waals surface area contributed by atoms with Crippen LogP contribution in [0.5, 0.6) is 5.75 Å². The average Bonchev–Trinajstić information content (AvgIpc) is 2.40. The number of ketones is 1. The first kappa shape index (κ1) is 14.7. The highest BCUT2D eigenvalue weighted by Gasteiger charge is 2.46. The molecule has 0 aromatic heterocycles. The van der Waals surface area contributed by atoms with E-state index in [0.29, 0.717) is 0 Å². The normalized spacial score (nSPS) is 20.4. The molecule has 2 atom stereocenters. The van der Waals surface area contributed by atoms with Crippen molar-refractivity contribution in [1.29, 1.82) is 0 Å². The maximum atomic E-state index is 11.8. The van der Waals surface area contributed by atoms with Gasteiger partial charge in [-0.25, -0.2) is 4.79 Å². The van der Waals surface area contributed by atoms with E-state index in [1.807, 2.05) is 13.8 Å². The van der Waals surface area contributed by atoms with Gasteiger partial charge in [0.1, 0.15) is 5.75 Å². The second-order valence-corrected chi connectivity index (χ2v) is 3.55. The van der Waals surface area contributed by atoms with E-state index >= 15 is 0 Å². The van der Waals surface area contributed by atoms with Crippen LogP contribution in [0.3, 0.4) is 0 Å². The summed E-state index contributed by atoms with van der Waals surface area (Å²) in [6.07, 6.45) is -1.69. The van der Waals surface area contributed by atoms with Gasteiger partial charge in [-0.15, -0.1) is 0 Å². The number of fused-ring (bicyclic) bond motifs is 1. The molecule has 0 saturated heterocycles. The molecular formula is C13H14O6. The van der Waals surface area contributed by atoms with Crippen molar-refractivity contribution >= 4 is 17.7 Å². The Morgan fingerprint density at radius 3 is 2.21 bits per heavy atom. The molecule has 102 valence electrons. The summed E-state index contributed by atoms with van der Waals surface area (Å²) >= 11 is 0. The highest BCUT2D eigenvalue weighted by Crippen LogP contribution is 2.30. The molecule has 0 fully saturated rings. The van der Waals surface area contributed by atoms with Crippen molar-refractivity contribution in [3.05, 3.63) is 29.8 Å². The first-order valence-electron chi connectivity index (χ1n) is 5.78. The van der Waals surface area contributed by atoms with Gasteiger partial charge >= 0.3 is 11.9 Å². The number of carboxylic acid groups (broad SMARTS) is 2. The molecule has 0 bridgehead atoms. The van der Waals surface area contributed by atoms with E-state index in [0.717, 1.165) is 0 Å². The summed E-state index contributed by atoms with van der Waals surface area (Å²) in [5.74, 6) is -5.33. The third-order valence-electron chi connectivity index (χ3n) is 2.50. The van der Waals surface area contributed by atoms with Gasteiger partial charge in [0.2, 0.25) is 6.10 Å². The lowest BCUT2D eigenvalue weighted by atomic mass is 9.89. The Morgan fingerprint density at radius 2 is 1.68 bits per heavy atom. The van der Waals surface area contributed by atoms with Gasteiger partial charge in [-0.1, -0.05) is 26.0 Å². The SMILES string of the molecule is CC.O=C(O)[C@H]1C(=O)c2ccccc2O[C@@H]1C(=O)O. The summed E-state index contributed by atoms with van der Waals surface area (Å²) in [7, 11) is 0.